The molecule has 0 aliphatic heterocycles. The zero-order valence-electron chi connectivity index (χ0n) is 11.7. The second-order valence-electron chi connectivity index (χ2n) is 6.80. The molecule has 4 fully saturated rings. The summed E-state index contributed by atoms with van der Waals surface area (Å²) in [6.07, 6.45) is 5.51. The molecule has 0 heterocycles. The molecule has 4 nitrogen and oxygen atoms in total. The number of esters is 2. The van der Waals surface area contributed by atoms with Gasteiger partial charge in [0.1, 0.15) is 0 Å². The number of hydrogen-bond acceptors (Lipinski definition) is 4. The van der Waals surface area contributed by atoms with Crippen LogP contribution in [0.2, 0.25) is 0 Å². The molecule has 19 heavy (non-hydrogen) atoms. The van der Waals surface area contributed by atoms with E-state index >= 15 is 0 Å². The van der Waals surface area contributed by atoms with E-state index in [2.05, 4.69) is 0 Å². The monoisotopic (exact) mass is 266 g/mol. The average Bonchev–Trinajstić information content (AvgIpc) is 2.35. The van der Waals surface area contributed by atoms with Crippen LogP contribution in [0.15, 0.2) is 0 Å². The Kier molecular flexibility index (Phi) is 3.06. The molecule has 2 atom stereocenters. The van der Waals surface area contributed by atoms with Crippen molar-refractivity contribution in [3.63, 3.8) is 0 Å². The summed E-state index contributed by atoms with van der Waals surface area (Å²) in [5.41, 5.74) is 0.146. The van der Waals surface area contributed by atoms with Gasteiger partial charge in [-0.3, -0.25) is 9.59 Å². The molecule has 4 saturated carbocycles. The molecule has 4 aliphatic carbocycles. The molecule has 0 radical (unpaired) electrons. The smallest absolute Gasteiger partial charge is 0.309 e. The first-order valence-electron chi connectivity index (χ1n) is 7.24. The summed E-state index contributed by atoms with van der Waals surface area (Å²) in [7, 11) is 1.49. The number of methoxy groups -OCH3 is 1. The minimum absolute atomic E-state index is 0.0311. The Morgan fingerprint density at radius 3 is 2.32 bits per heavy atom. The van der Waals surface area contributed by atoms with Gasteiger partial charge in [-0.2, -0.15) is 0 Å². The van der Waals surface area contributed by atoms with Gasteiger partial charge >= 0.3 is 11.9 Å². The van der Waals surface area contributed by atoms with Gasteiger partial charge in [-0.05, 0) is 49.9 Å². The fraction of sp³-hybridized carbons (Fsp3) is 0.867. The van der Waals surface area contributed by atoms with Gasteiger partial charge in [0.05, 0.1) is 19.6 Å². The third-order valence-corrected chi connectivity index (χ3v) is 5.45. The molecule has 0 amide bonds. The zero-order valence-corrected chi connectivity index (χ0v) is 11.7. The summed E-state index contributed by atoms with van der Waals surface area (Å²) in [6.45, 7) is 2.01. The van der Waals surface area contributed by atoms with Crippen LogP contribution in [0.5, 0.6) is 0 Å². The molecule has 0 aromatic rings. The van der Waals surface area contributed by atoms with Crippen LogP contribution in [-0.4, -0.2) is 25.7 Å². The van der Waals surface area contributed by atoms with Gasteiger partial charge in [-0.25, -0.2) is 0 Å². The summed E-state index contributed by atoms with van der Waals surface area (Å²) in [5, 5.41) is 0. The van der Waals surface area contributed by atoms with Crippen LogP contribution in [-0.2, 0) is 19.1 Å². The maximum absolute atomic E-state index is 12.0. The summed E-state index contributed by atoms with van der Waals surface area (Å²) < 4.78 is 10.3. The van der Waals surface area contributed by atoms with Crippen molar-refractivity contribution in [3.8, 4) is 0 Å². The predicted molar refractivity (Wildman–Crippen MR) is 68.1 cm³/mol. The minimum atomic E-state index is -0.194. The molecule has 4 rings (SSSR count). The lowest BCUT2D eigenvalue weighted by Crippen LogP contribution is -2.54. The molecule has 4 bridgehead atoms. The molecular formula is C15H22O4. The van der Waals surface area contributed by atoms with E-state index in [-0.39, 0.29) is 23.3 Å². The third-order valence-electron chi connectivity index (χ3n) is 5.45. The minimum Gasteiger partial charge on any atom is -0.469 e. The van der Waals surface area contributed by atoms with Gasteiger partial charge < -0.3 is 9.47 Å². The summed E-state index contributed by atoms with van der Waals surface area (Å²) >= 11 is 0. The van der Waals surface area contributed by atoms with Gasteiger partial charge in [0.25, 0.3) is 0 Å². The van der Waals surface area contributed by atoms with Crippen LogP contribution in [0.1, 0.15) is 39.0 Å². The van der Waals surface area contributed by atoms with E-state index in [9.17, 15) is 9.59 Å². The van der Waals surface area contributed by atoms with Crippen molar-refractivity contribution in [2.45, 2.75) is 39.0 Å². The highest BCUT2D eigenvalue weighted by Crippen LogP contribution is 2.62. The Bertz CT molecular complexity index is 387. The summed E-state index contributed by atoms with van der Waals surface area (Å²) in [6, 6.07) is 0. The molecule has 0 spiro atoms. The number of rotatable bonds is 3. The van der Waals surface area contributed by atoms with Gasteiger partial charge in [0.2, 0.25) is 0 Å². The molecular weight excluding hydrogens is 244 g/mol. The van der Waals surface area contributed by atoms with Gasteiger partial charge in [0.15, 0.2) is 0 Å². The van der Waals surface area contributed by atoms with E-state index in [1.165, 1.54) is 20.5 Å². The van der Waals surface area contributed by atoms with Crippen molar-refractivity contribution in [2.24, 2.45) is 29.1 Å². The summed E-state index contributed by atoms with van der Waals surface area (Å²) in [5.74, 6) is 1.46. The molecule has 0 N–H and O–H groups in total. The van der Waals surface area contributed by atoms with Gasteiger partial charge in [0, 0.05) is 12.3 Å². The highest BCUT2D eigenvalue weighted by atomic mass is 16.5. The normalized spacial score (nSPS) is 43.1. The van der Waals surface area contributed by atoms with E-state index in [0.717, 1.165) is 25.7 Å². The molecule has 106 valence electrons. The predicted octanol–water partition coefficient (Wildman–Crippen LogP) is 2.17. The maximum atomic E-state index is 12.0. The Morgan fingerprint density at radius 1 is 1.16 bits per heavy atom. The lowest BCUT2D eigenvalue weighted by atomic mass is 9.46. The first kappa shape index (κ1) is 12.9. The van der Waals surface area contributed by atoms with E-state index in [4.69, 9.17) is 9.47 Å². The van der Waals surface area contributed by atoms with Crippen LogP contribution >= 0.6 is 0 Å². The van der Waals surface area contributed by atoms with Crippen molar-refractivity contribution >= 4 is 11.9 Å². The van der Waals surface area contributed by atoms with Crippen LogP contribution in [0.4, 0.5) is 0 Å². The fourth-order valence-corrected chi connectivity index (χ4v) is 5.15. The number of carbonyl (C=O) groups excluding carboxylic acids is 2. The Morgan fingerprint density at radius 2 is 1.79 bits per heavy atom. The van der Waals surface area contributed by atoms with Crippen LogP contribution < -0.4 is 0 Å². The van der Waals surface area contributed by atoms with E-state index in [1.807, 2.05) is 0 Å². The molecule has 4 heteroatoms. The van der Waals surface area contributed by atoms with E-state index < -0.39 is 0 Å². The van der Waals surface area contributed by atoms with Crippen LogP contribution in [0, 0.1) is 29.1 Å². The third kappa shape index (κ3) is 2.15. The van der Waals surface area contributed by atoms with Crippen molar-refractivity contribution in [2.75, 3.05) is 13.7 Å². The summed E-state index contributed by atoms with van der Waals surface area (Å²) in [4.78, 5) is 23.0. The lowest BCUT2D eigenvalue weighted by Gasteiger charge is -2.58. The molecule has 2 unspecified atom stereocenters. The number of carbonyl (C=O) groups is 2. The SMILES string of the molecule is COC(=O)C1C2CC3CC1CC(COC(C)=O)(C3)C2. The average molecular weight is 266 g/mol. The van der Waals surface area contributed by atoms with Gasteiger partial charge in [-0.15, -0.1) is 0 Å². The first-order valence-corrected chi connectivity index (χ1v) is 7.24. The molecule has 4 aliphatic rings. The Balaban J connectivity index is 1.76. The maximum Gasteiger partial charge on any atom is 0.309 e. The van der Waals surface area contributed by atoms with Crippen LogP contribution in [0.3, 0.4) is 0 Å². The highest BCUT2D eigenvalue weighted by Gasteiger charge is 2.57. The van der Waals surface area contributed by atoms with Crippen LogP contribution in [0.25, 0.3) is 0 Å². The Hall–Kier alpha value is -1.06. The second kappa shape index (κ2) is 4.50. The molecule has 0 aromatic heterocycles. The fourth-order valence-electron chi connectivity index (χ4n) is 5.15. The standard InChI is InChI=1S/C15H22O4/c1-9(16)19-8-15-5-10-3-11(6-15)13(14(17)18-2)12(4-10)7-15/h10-13H,3-8H2,1-2H3. The number of hydrogen-bond donors (Lipinski definition) is 0. The quantitative estimate of drug-likeness (QED) is 0.735. The van der Waals surface area contributed by atoms with Crippen molar-refractivity contribution in [3.05, 3.63) is 0 Å². The second-order valence-corrected chi connectivity index (χ2v) is 6.80. The number of ether oxygens (including phenoxy) is 2. The van der Waals surface area contributed by atoms with Crippen molar-refractivity contribution in [1.82, 2.24) is 0 Å². The van der Waals surface area contributed by atoms with Crippen molar-refractivity contribution < 1.29 is 19.1 Å². The molecule has 0 aromatic carbocycles. The molecule has 0 saturated heterocycles. The lowest BCUT2D eigenvalue weighted by molar-refractivity contribution is -0.175. The first-order chi connectivity index (χ1) is 9.03. The zero-order chi connectivity index (χ0) is 13.6. The van der Waals surface area contributed by atoms with Crippen molar-refractivity contribution in [1.29, 1.82) is 0 Å². The van der Waals surface area contributed by atoms with E-state index in [0.29, 0.717) is 24.4 Å². The van der Waals surface area contributed by atoms with E-state index in [1.54, 1.807) is 0 Å². The highest BCUT2D eigenvalue weighted by molar-refractivity contribution is 5.73. The van der Waals surface area contributed by atoms with Gasteiger partial charge in [-0.1, -0.05) is 0 Å². The largest absolute Gasteiger partial charge is 0.469 e. The Labute approximate surface area is 113 Å². The topological polar surface area (TPSA) is 52.6 Å².